The number of hydrogen-bond donors (Lipinski definition) is 0. The molecule has 8 aromatic rings. The van der Waals surface area contributed by atoms with Crippen molar-refractivity contribution >= 4 is 73.2 Å². The SMILES string of the molecule is Cc1ccccc1N(c1ccc2c3c(n(-c4ccccc4C)c2c1)C=CCC=C3)c1cc2c(c3oc4ccccc4c13)C1=C(CCCC1)C21C2=C(CCCC2)c2ccccc21. The molecule has 1 atom stereocenters. The topological polar surface area (TPSA) is 21.3 Å². The highest BCUT2D eigenvalue weighted by atomic mass is 16.3. The summed E-state index contributed by atoms with van der Waals surface area (Å²) < 4.78 is 9.79. The lowest BCUT2D eigenvalue weighted by molar-refractivity contribution is 0.591. The quantitative estimate of drug-likeness (QED) is 0.177. The Bertz CT molecular complexity index is 3320. The lowest BCUT2D eigenvalue weighted by atomic mass is 9.65. The van der Waals surface area contributed by atoms with Crippen LogP contribution in [0.1, 0.15) is 102 Å². The van der Waals surface area contributed by atoms with Crippen LogP contribution in [0.2, 0.25) is 0 Å². The van der Waals surface area contributed by atoms with Gasteiger partial charge in [-0.1, -0.05) is 103 Å². The van der Waals surface area contributed by atoms with Gasteiger partial charge in [-0.2, -0.15) is 0 Å². The predicted octanol–water partition coefficient (Wildman–Crippen LogP) is 16.0. The molecule has 3 heteroatoms. The molecule has 0 saturated heterocycles. The van der Waals surface area contributed by atoms with E-state index in [9.17, 15) is 0 Å². The van der Waals surface area contributed by atoms with Crippen LogP contribution in [0.25, 0.3) is 61.8 Å². The van der Waals surface area contributed by atoms with Crippen molar-refractivity contribution in [2.45, 2.75) is 77.0 Å². The molecule has 13 rings (SSSR count). The van der Waals surface area contributed by atoms with Gasteiger partial charge in [0, 0.05) is 39.0 Å². The largest absolute Gasteiger partial charge is 0.455 e. The van der Waals surface area contributed by atoms with E-state index in [0.29, 0.717) is 0 Å². The smallest absolute Gasteiger partial charge is 0.145 e. The van der Waals surface area contributed by atoms with Crippen molar-refractivity contribution in [2.75, 3.05) is 4.90 Å². The zero-order valence-corrected chi connectivity index (χ0v) is 35.0. The van der Waals surface area contributed by atoms with Crippen molar-refractivity contribution in [3.05, 3.63) is 189 Å². The molecule has 61 heavy (non-hydrogen) atoms. The van der Waals surface area contributed by atoms with Crippen LogP contribution in [0.4, 0.5) is 17.1 Å². The Balaban J connectivity index is 1.17. The summed E-state index contributed by atoms with van der Waals surface area (Å²) in [6.07, 6.45) is 19.7. The molecule has 1 spiro atoms. The first kappa shape index (κ1) is 35.2. The van der Waals surface area contributed by atoms with Gasteiger partial charge >= 0.3 is 0 Å². The number of fused-ring (bicyclic) bond motifs is 15. The molecule has 3 nitrogen and oxygen atoms in total. The number of benzene rings is 6. The molecular weight excluding hydrogens is 741 g/mol. The van der Waals surface area contributed by atoms with Crippen LogP contribution in [-0.4, -0.2) is 4.57 Å². The van der Waals surface area contributed by atoms with Crippen molar-refractivity contribution in [3.63, 3.8) is 0 Å². The summed E-state index contributed by atoms with van der Waals surface area (Å²) in [5, 5.41) is 3.63. The summed E-state index contributed by atoms with van der Waals surface area (Å²) in [4.78, 5) is 2.58. The second kappa shape index (κ2) is 13.2. The standard InChI is InChI=1S/C58H48N2O/c1-36-18-6-15-28-49(36)59(38-32-33-42-41-22-4-3-5-30-51(41)60(52(42)34-38)50-29-16-7-19-37(50)2)53-35-48-55(57-56(53)44-24-11-17-31-54(44)61-57)43-23-10-14-27-47(43)58(48)45-25-12-8-20-39(45)40-21-9-13-26-46(40)58/h4-8,11-12,15-20,22,24-25,28-35H,3,9-10,13-14,21,23,26-27H2,1-2H3. The molecule has 2 aromatic heterocycles. The highest BCUT2D eigenvalue weighted by Gasteiger charge is 2.55. The second-order valence-corrected chi connectivity index (χ2v) is 18.0. The van der Waals surface area contributed by atoms with E-state index in [1.165, 1.54) is 109 Å². The Kier molecular flexibility index (Phi) is 7.62. The van der Waals surface area contributed by atoms with E-state index in [1.807, 2.05) is 0 Å². The van der Waals surface area contributed by atoms with E-state index < -0.39 is 0 Å². The second-order valence-electron chi connectivity index (χ2n) is 18.0. The summed E-state index contributed by atoms with van der Waals surface area (Å²) in [6, 6.07) is 45.9. The number of allylic oxidation sites excluding steroid dienone is 6. The van der Waals surface area contributed by atoms with Crippen molar-refractivity contribution in [2.24, 2.45) is 0 Å². The first-order valence-corrected chi connectivity index (χ1v) is 22.6. The van der Waals surface area contributed by atoms with E-state index in [4.69, 9.17) is 4.42 Å². The van der Waals surface area contributed by atoms with Crippen molar-refractivity contribution in [1.82, 2.24) is 4.57 Å². The van der Waals surface area contributed by atoms with Crippen molar-refractivity contribution in [1.29, 1.82) is 0 Å². The van der Waals surface area contributed by atoms with E-state index in [1.54, 1.807) is 22.3 Å². The molecule has 6 aromatic carbocycles. The summed E-state index contributed by atoms with van der Waals surface area (Å²) in [6.45, 7) is 4.50. The first-order chi connectivity index (χ1) is 30.1. The monoisotopic (exact) mass is 788 g/mol. The van der Waals surface area contributed by atoms with Gasteiger partial charge in [0.1, 0.15) is 11.2 Å². The summed E-state index contributed by atoms with van der Waals surface area (Å²) >= 11 is 0. The maximum atomic E-state index is 7.29. The van der Waals surface area contributed by atoms with Gasteiger partial charge < -0.3 is 13.9 Å². The lowest BCUT2D eigenvalue weighted by Gasteiger charge is -2.37. The Morgan fingerprint density at radius 2 is 1.33 bits per heavy atom. The maximum absolute atomic E-state index is 7.29. The highest BCUT2D eigenvalue weighted by molar-refractivity contribution is 6.18. The third-order valence-corrected chi connectivity index (χ3v) is 14.9. The van der Waals surface area contributed by atoms with Crippen LogP contribution in [0.3, 0.4) is 0 Å². The fourth-order valence-electron chi connectivity index (χ4n) is 12.5. The van der Waals surface area contributed by atoms with Gasteiger partial charge in [0.05, 0.1) is 27.7 Å². The fraction of sp³-hybridized carbons (Fsp3) is 0.207. The number of hydrogen-bond acceptors (Lipinski definition) is 2. The minimum Gasteiger partial charge on any atom is -0.455 e. The summed E-state index contributed by atoms with van der Waals surface area (Å²) in [5.74, 6) is 0. The predicted molar refractivity (Wildman–Crippen MR) is 255 cm³/mol. The van der Waals surface area contributed by atoms with Gasteiger partial charge in [-0.05, 0) is 164 Å². The van der Waals surface area contributed by atoms with Gasteiger partial charge in [0.2, 0.25) is 0 Å². The molecular formula is C58H48N2O. The summed E-state index contributed by atoms with van der Waals surface area (Å²) in [5.41, 5.74) is 24.9. The minimum absolute atomic E-state index is 0.267. The molecule has 5 aliphatic rings. The number of nitrogens with zero attached hydrogens (tertiary/aromatic N) is 2. The van der Waals surface area contributed by atoms with Crippen molar-refractivity contribution < 1.29 is 4.42 Å². The van der Waals surface area contributed by atoms with E-state index in [2.05, 4.69) is 169 Å². The molecule has 1 unspecified atom stereocenters. The van der Waals surface area contributed by atoms with Crippen LogP contribution in [0, 0.1) is 13.8 Å². The van der Waals surface area contributed by atoms with Gasteiger partial charge in [0.25, 0.3) is 0 Å². The first-order valence-electron chi connectivity index (χ1n) is 22.6. The summed E-state index contributed by atoms with van der Waals surface area (Å²) in [7, 11) is 0. The minimum atomic E-state index is -0.267. The number of rotatable bonds is 4. The van der Waals surface area contributed by atoms with Gasteiger partial charge in [-0.15, -0.1) is 0 Å². The average molecular weight is 789 g/mol. The number of aryl methyl sites for hydroxylation is 2. The molecule has 0 fully saturated rings. The number of para-hydroxylation sites is 3. The Hall–Kier alpha value is -6.58. The maximum Gasteiger partial charge on any atom is 0.145 e. The molecule has 2 heterocycles. The zero-order valence-electron chi connectivity index (χ0n) is 35.0. The Morgan fingerprint density at radius 1 is 0.607 bits per heavy atom. The molecule has 5 aliphatic carbocycles. The van der Waals surface area contributed by atoms with Crippen molar-refractivity contribution in [3.8, 4) is 5.69 Å². The highest BCUT2D eigenvalue weighted by Crippen LogP contribution is 2.67. The molecule has 0 amide bonds. The Labute approximate surface area is 357 Å². The van der Waals surface area contributed by atoms with Crippen LogP contribution < -0.4 is 4.90 Å². The third kappa shape index (κ3) is 4.75. The molecule has 0 bridgehead atoms. The molecule has 0 aliphatic heterocycles. The lowest BCUT2D eigenvalue weighted by Crippen LogP contribution is -2.30. The van der Waals surface area contributed by atoms with Crippen LogP contribution >= 0.6 is 0 Å². The third-order valence-electron chi connectivity index (χ3n) is 14.9. The molecule has 0 N–H and O–H groups in total. The average Bonchev–Trinajstić information content (AvgIpc) is 3.95. The van der Waals surface area contributed by atoms with Gasteiger partial charge in [-0.3, -0.25) is 0 Å². The fourth-order valence-corrected chi connectivity index (χ4v) is 12.5. The number of furan rings is 1. The number of anilines is 3. The molecule has 296 valence electrons. The van der Waals surface area contributed by atoms with Crippen LogP contribution in [0.5, 0.6) is 0 Å². The molecule has 0 saturated carbocycles. The van der Waals surface area contributed by atoms with E-state index in [-0.39, 0.29) is 5.41 Å². The zero-order chi connectivity index (χ0) is 40.4. The molecule has 0 radical (unpaired) electrons. The van der Waals surface area contributed by atoms with Gasteiger partial charge in [0.15, 0.2) is 0 Å². The normalized spacial score (nSPS) is 18.9. The van der Waals surface area contributed by atoms with Crippen LogP contribution in [-0.2, 0) is 5.41 Å². The Morgan fingerprint density at radius 3 is 2.20 bits per heavy atom. The number of aromatic nitrogens is 1. The van der Waals surface area contributed by atoms with E-state index >= 15 is 0 Å². The van der Waals surface area contributed by atoms with Gasteiger partial charge in [-0.25, -0.2) is 0 Å². The van der Waals surface area contributed by atoms with Crippen LogP contribution in [0.15, 0.2) is 149 Å². The van der Waals surface area contributed by atoms with E-state index in [0.717, 1.165) is 49.0 Å².